The lowest BCUT2D eigenvalue weighted by Crippen LogP contribution is -2.32. The fourth-order valence-electron chi connectivity index (χ4n) is 3.53. The van der Waals surface area contributed by atoms with E-state index in [0.717, 1.165) is 22.1 Å². The SMILES string of the molecule is CCc1cc(=O)oc2c3c(c(Cl)cc12)OCN(Cc1ccc(S(N)(=O)=O)cc1)C3. The molecule has 0 saturated heterocycles. The zero-order valence-corrected chi connectivity index (χ0v) is 17.2. The minimum absolute atomic E-state index is 0.0631. The van der Waals surface area contributed by atoms with Crippen LogP contribution in [0.15, 0.2) is 50.5 Å². The monoisotopic (exact) mass is 434 g/mol. The first kappa shape index (κ1) is 19.9. The summed E-state index contributed by atoms with van der Waals surface area (Å²) < 4.78 is 34.2. The van der Waals surface area contributed by atoms with E-state index in [-0.39, 0.29) is 4.90 Å². The van der Waals surface area contributed by atoms with Crippen LogP contribution in [0.3, 0.4) is 0 Å². The zero-order valence-electron chi connectivity index (χ0n) is 15.6. The van der Waals surface area contributed by atoms with Crippen molar-refractivity contribution in [2.24, 2.45) is 5.14 Å². The lowest BCUT2D eigenvalue weighted by Gasteiger charge is -2.30. The summed E-state index contributed by atoms with van der Waals surface area (Å²) in [5.74, 6) is 0.524. The fourth-order valence-corrected chi connectivity index (χ4v) is 4.33. The van der Waals surface area contributed by atoms with Gasteiger partial charge in [-0.05, 0) is 35.7 Å². The molecule has 29 heavy (non-hydrogen) atoms. The Labute approximate surface area is 172 Å². The zero-order chi connectivity index (χ0) is 20.8. The Morgan fingerprint density at radius 1 is 1.21 bits per heavy atom. The predicted octanol–water partition coefficient (Wildman–Crippen LogP) is 3.01. The standard InChI is InChI=1S/C20H19ClN2O5S/c1-2-13-7-18(24)28-19-15(13)8-17(21)20-16(19)10-23(11-27-20)9-12-3-5-14(6-4-12)29(22,25)26/h3-8H,2,9-11H2,1H3,(H2,22,25,26). The van der Waals surface area contributed by atoms with E-state index in [1.165, 1.54) is 18.2 Å². The van der Waals surface area contributed by atoms with Crippen LogP contribution in [0.4, 0.5) is 0 Å². The van der Waals surface area contributed by atoms with Crippen LogP contribution in [0.1, 0.15) is 23.6 Å². The van der Waals surface area contributed by atoms with Gasteiger partial charge in [0.25, 0.3) is 0 Å². The van der Waals surface area contributed by atoms with Gasteiger partial charge in [0.05, 0.1) is 15.5 Å². The van der Waals surface area contributed by atoms with Gasteiger partial charge in [0.15, 0.2) is 0 Å². The van der Waals surface area contributed by atoms with Gasteiger partial charge in [0.2, 0.25) is 10.0 Å². The van der Waals surface area contributed by atoms with Crippen LogP contribution in [-0.4, -0.2) is 20.0 Å². The average molecular weight is 435 g/mol. The molecule has 0 fully saturated rings. The van der Waals surface area contributed by atoms with Crippen molar-refractivity contribution in [1.29, 1.82) is 0 Å². The maximum atomic E-state index is 12.0. The van der Waals surface area contributed by atoms with Gasteiger partial charge in [0.1, 0.15) is 18.1 Å². The lowest BCUT2D eigenvalue weighted by molar-refractivity contribution is 0.0890. The molecule has 4 rings (SSSR count). The van der Waals surface area contributed by atoms with Crippen molar-refractivity contribution in [2.75, 3.05) is 6.73 Å². The molecule has 0 atom stereocenters. The van der Waals surface area contributed by atoms with Crippen LogP contribution >= 0.6 is 11.6 Å². The van der Waals surface area contributed by atoms with E-state index in [1.54, 1.807) is 18.2 Å². The number of fused-ring (bicyclic) bond motifs is 3. The van der Waals surface area contributed by atoms with Gasteiger partial charge in [0, 0.05) is 24.5 Å². The molecule has 7 nitrogen and oxygen atoms in total. The Morgan fingerprint density at radius 2 is 1.93 bits per heavy atom. The van der Waals surface area contributed by atoms with Crippen molar-refractivity contribution in [3.63, 3.8) is 0 Å². The smallest absolute Gasteiger partial charge is 0.336 e. The Balaban J connectivity index is 1.68. The molecule has 9 heteroatoms. The molecule has 0 saturated carbocycles. The van der Waals surface area contributed by atoms with E-state index < -0.39 is 15.6 Å². The number of rotatable bonds is 4. The minimum atomic E-state index is -3.73. The number of aryl methyl sites for hydroxylation is 1. The van der Waals surface area contributed by atoms with E-state index in [4.69, 9.17) is 25.9 Å². The summed E-state index contributed by atoms with van der Waals surface area (Å²) >= 11 is 6.43. The topological polar surface area (TPSA) is 103 Å². The van der Waals surface area contributed by atoms with Crippen molar-refractivity contribution >= 4 is 32.6 Å². The first-order chi connectivity index (χ1) is 13.8. The van der Waals surface area contributed by atoms with Crippen molar-refractivity contribution in [3.8, 4) is 5.75 Å². The molecule has 1 aliphatic heterocycles. The van der Waals surface area contributed by atoms with Crippen LogP contribution in [0.25, 0.3) is 11.0 Å². The number of primary sulfonamides is 1. The Kier molecular flexibility index (Phi) is 5.12. The largest absolute Gasteiger partial charge is 0.476 e. The quantitative estimate of drug-likeness (QED) is 0.633. The van der Waals surface area contributed by atoms with Gasteiger partial charge in [-0.1, -0.05) is 30.7 Å². The third-order valence-corrected chi connectivity index (χ3v) is 6.14. The summed E-state index contributed by atoms with van der Waals surface area (Å²) in [6.07, 6.45) is 0.679. The summed E-state index contributed by atoms with van der Waals surface area (Å²) in [5.41, 5.74) is 2.58. The number of hydrogen-bond donors (Lipinski definition) is 1. The van der Waals surface area contributed by atoms with E-state index in [1.807, 2.05) is 11.8 Å². The molecule has 2 heterocycles. The van der Waals surface area contributed by atoms with Crippen LogP contribution in [0, 0.1) is 0 Å². The molecular formula is C20H19ClN2O5S. The molecule has 1 aliphatic rings. The van der Waals surface area contributed by atoms with Gasteiger partial charge in [-0.2, -0.15) is 0 Å². The summed E-state index contributed by atoms with van der Waals surface area (Å²) in [7, 11) is -3.73. The Morgan fingerprint density at radius 3 is 2.59 bits per heavy atom. The molecule has 0 spiro atoms. The van der Waals surface area contributed by atoms with Gasteiger partial charge >= 0.3 is 5.63 Å². The molecule has 152 valence electrons. The second-order valence-electron chi connectivity index (χ2n) is 6.94. The Hall–Kier alpha value is -2.39. The third-order valence-electron chi connectivity index (χ3n) is 4.93. The number of sulfonamides is 1. The number of nitrogens with zero attached hydrogens (tertiary/aromatic N) is 1. The van der Waals surface area contributed by atoms with Gasteiger partial charge in [-0.15, -0.1) is 0 Å². The maximum absolute atomic E-state index is 12.0. The Bertz CT molecular complexity index is 1250. The van der Waals surface area contributed by atoms with Crippen LogP contribution in [0.5, 0.6) is 5.75 Å². The molecule has 0 radical (unpaired) electrons. The molecule has 3 aromatic rings. The molecule has 0 amide bonds. The van der Waals surface area contributed by atoms with Crippen LogP contribution in [-0.2, 0) is 29.5 Å². The summed E-state index contributed by atoms with van der Waals surface area (Å²) in [6.45, 7) is 3.25. The summed E-state index contributed by atoms with van der Waals surface area (Å²) in [6, 6.07) is 9.63. The second-order valence-corrected chi connectivity index (χ2v) is 8.91. The van der Waals surface area contributed by atoms with E-state index in [2.05, 4.69) is 0 Å². The average Bonchev–Trinajstić information content (AvgIpc) is 2.68. The van der Waals surface area contributed by atoms with E-state index >= 15 is 0 Å². The first-order valence-electron chi connectivity index (χ1n) is 9.01. The van der Waals surface area contributed by atoms with Crippen LogP contribution < -0.4 is 15.5 Å². The van der Waals surface area contributed by atoms with Gasteiger partial charge < -0.3 is 9.15 Å². The number of nitrogens with two attached hydrogens (primary N) is 1. The number of halogens is 1. The highest BCUT2D eigenvalue weighted by Crippen LogP contribution is 2.39. The predicted molar refractivity (Wildman–Crippen MR) is 109 cm³/mol. The first-order valence-corrected chi connectivity index (χ1v) is 10.9. The van der Waals surface area contributed by atoms with Crippen LogP contribution in [0.2, 0.25) is 5.02 Å². The van der Waals surface area contributed by atoms with Gasteiger partial charge in [-0.25, -0.2) is 18.4 Å². The second kappa shape index (κ2) is 7.46. The normalized spacial score (nSPS) is 14.6. The molecule has 0 bridgehead atoms. The lowest BCUT2D eigenvalue weighted by atomic mass is 10.0. The third kappa shape index (κ3) is 3.89. The molecular weight excluding hydrogens is 416 g/mol. The molecule has 0 aliphatic carbocycles. The number of ether oxygens (including phenoxy) is 1. The number of benzene rings is 2. The van der Waals surface area contributed by atoms with Crippen molar-refractivity contribution in [2.45, 2.75) is 31.3 Å². The minimum Gasteiger partial charge on any atom is -0.476 e. The fraction of sp³-hybridized carbons (Fsp3) is 0.250. The highest BCUT2D eigenvalue weighted by atomic mass is 35.5. The summed E-state index contributed by atoms with van der Waals surface area (Å²) in [4.78, 5) is 14.1. The van der Waals surface area contributed by atoms with E-state index in [9.17, 15) is 13.2 Å². The van der Waals surface area contributed by atoms with Gasteiger partial charge in [-0.3, -0.25) is 4.90 Å². The molecule has 1 aromatic heterocycles. The highest BCUT2D eigenvalue weighted by molar-refractivity contribution is 7.89. The highest BCUT2D eigenvalue weighted by Gasteiger charge is 2.25. The molecule has 0 unspecified atom stereocenters. The molecule has 2 aromatic carbocycles. The molecule has 2 N–H and O–H groups in total. The van der Waals surface area contributed by atoms with E-state index in [0.29, 0.717) is 42.6 Å². The maximum Gasteiger partial charge on any atom is 0.336 e. The van der Waals surface area contributed by atoms with Crippen molar-refractivity contribution in [1.82, 2.24) is 4.90 Å². The van der Waals surface area contributed by atoms with Crippen molar-refractivity contribution < 1.29 is 17.6 Å². The summed E-state index contributed by atoms with van der Waals surface area (Å²) in [5, 5.41) is 6.42. The van der Waals surface area contributed by atoms with Crippen molar-refractivity contribution in [3.05, 3.63) is 68.5 Å². The number of hydrogen-bond acceptors (Lipinski definition) is 6.